The van der Waals surface area contributed by atoms with Crippen molar-refractivity contribution >= 4 is 0 Å². The molecule has 0 spiro atoms. The maximum absolute atomic E-state index is 8.61. The van der Waals surface area contributed by atoms with E-state index >= 15 is 0 Å². The molecule has 1 rings (SSSR count). The molecule has 0 saturated heterocycles. The topological polar surface area (TPSA) is 77.0 Å². The van der Waals surface area contributed by atoms with Gasteiger partial charge in [-0.25, -0.2) is 4.68 Å². The zero-order valence-electron chi connectivity index (χ0n) is 7.36. The van der Waals surface area contributed by atoms with Gasteiger partial charge in [0.25, 0.3) is 0 Å². The molecule has 0 aliphatic carbocycles. The molecule has 0 aromatic carbocycles. The highest BCUT2D eigenvalue weighted by molar-refractivity contribution is 5.05. The fourth-order valence-corrected chi connectivity index (χ4v) is 0.805. The summed E-state index contributed by atoms with van der Waals surface area (Å²) in [6.07, 6.45) is 1.75. The van der Waals surface area contributed by atoms with Crippen molar-refractivity contribution in [3.63, 3.8) is 0 Å². The van der Waals surface area contributed by atoms with Crippen molar-refractivity contribution in [1.29, 1.82) is 0 Å². The lowest BCUT2D eigenvalue weighted by molar-refractivity contribution is 0.268. The molecule has 3 N–H and O–H groups in total. The molecule has 68 valence electrons. The smallest absolute Gasteiger partial charge is 0.102 e. The Morgan fingerprint density at radius 1 is 1.67 bits per heavy atom. The predicted octanol–water partition coefficient (Wildman–Crippen LogP) is -0.536. The van der Waals surface area contributed by atoms with Crippen LogP contribution in [0.15, 0.2) is 6.20 Å². The summed E-state index contributed by atoms with van der Waals surface area (Å²) in [6, 6.07) is 0. The third kappa shape index (κ3) is 2.02. The summed E-state index contributed by atoms with van der Waals surface area (Å²) in [5.41, 5.74) is 6.06. The lowest BCUT2D eigenvalue weighted by atomic mass is 10.0. The van der Waals surface area contributed by atoms with Crippen LogP contribution in [0.3, 0.4) is 0 Å². The average molecular weight is 170 g/mol. The second-order valence-corrected chi connectivity index (χ2v) is 3.31. The molecule has 0 amide bonds. The number of nitrogens with two attached hydrogens (primary N) is 1. The van der Waals surface area contributed by atoms with E-state index in [4.69, 9.17) is 10.8 Å². The van der Waals surface area contributed by atoms with E-state index in [1.807, 2.05) is 13.8 Å². The molecular weight excluding hydrogens is 156 g/mol. The van der Waals surface area contributed by atoms with Gasteiger partial charge in [0.2, 0.25) is 0 Å². The molecular formula is C7H14N4O. The van der Waals surface area contributed by atoms with Crippen LogP contribution in [-0.4, -0.2) is 26.7 Å². The fourth-order valence-electron chi connectivity index (χ4n) is 0.805. The third-order valence-electron chi connectivity index (χ3n) is 1.53. The van der Waals surface area contributed by atoms with Gasteiger partial charge in [0.1, 0.15) is 5.69 Å². The Morgan fingerprint density at radius 3 is 2.75 bits per heavy atom. The Bertz CT molecular complexity index is 250. The highest BCUT2D eigenvalue weighted by Crippen LogP contribution is 2.11. The van der Waals surface area contributed by atoms with Crippen LogP contribution in [0.2, 0.25) is 0 Å². The molecule has 0 aliphatic rings. The van der Waals surface area contributed by atoms with Crippen molar-refractivity contribution in [2.75, 3.05) is 6.61 Å². The molecule has 5 nitrogen and oxygen atoms in total. The van der Waals surface area contributed by atoms with E-state index in [9.17, 15) is 0 Å². The largest absolute Gasteiger partial charge is 0.394 e. The van der Waals surface area contributed by atoms with Crippen LogP contribution in [0.4, 0.5) is 0 Å². The zero-order valence-corrected chi connectivity index (χ0v) is 7.36. The summed E-state index contributed by atoms with van der Waals surface area (Å²) in [7, 11) is 0. The lowest BCUT2D eigenvalue weighted by Gasteiger charge is -2.13. The van der Waals surface area contributed by atoms with E-state index < -0.39 is 5.54 Å². The number of rotatable bonds is 3. The van der Waals surface area contributed by atoms with Gasteiger partial charge in [0, 0.05) is 0 Å². The summed E-state index contributed by atoms with van der Waals surface area (Å²) in [4.78, 5) is 0. The van der Waals surface area contributed by atoms with Crippen LogP contribution >= 0.6 is 0 Å². The quantitative estimate of drug-likeness (QED) is 0.639. The van der Waals surface area contributed by atoms with Gasteiger partial charge in [0.05, 0.1) is 24.9 Å². The van der Waals surface area contributed by atoms with Gasteiger partial charge in [-0.15, -0.1) is 5.10 Å². The van der Waals surface area contributed by atoms with E-state index in [1.165, 1.54) is 0 Å². The SMILES string of the molecule is CC(C)(N)c1cn(CCO)nn1. The fraction of sp³-hybridized carbons (Fsp3) is 0.714. The maximum atomic E-state index is 8.61. The molecule has 0 aliphatic heterocycles. The Balaban J connectivity index is 2.77. The summed E-state index contributed by atoms with van der Waals surface area (Å²) in [5, 5.41) is 16.3. The van der Waals surface area contributed by atoms with Crippen LogP contribution in [0.5, 0.6) is 0 Å². The van der Waals surface area contributed by atoms with Crippen LogP contribution in [-0.2, 0) is 12.1 Å². The monoisotopic (exact) mass is 170 g/mol. The standard InChI is InChI=1S/C7H14N4O/c1-7(2,8)6-5-11(3-4-12)10-9-6/h5,12H,3-4,8H2,1-2H3. The van der Waals surface area contributed by atoms with Gasteiger partial charge < -0.3 is 10.8 Å². The molecule has 1 aromatic heterocycles. The van der Waals surface area contributed by atoms with Crippen LogP contribution in [0.1, 0.15) is 19.5 Å². The minimum atomic E-state index is -0.465. The molecule has 0 bridgehead atoms. The van der Waals surface area contributed by atoms with Crippen molar-refractivity contribution in [2.24, 2.45) is 5.73 Å². The van der Waals surface area contributed by atoms with Gasteiger partial charge in [-0.1, -0.05) is 5.21 Å². The van der Waals surface area contributed by atoms with Gasteiger partial charge >= 0.3 is 0 Å². The number of aromatic nitrogens is 3. The Labute approximate surface area is 71.2 Å². The first-order chi connectivity index (χ1) is 5.54. The number of nitrogens with zero attached hydrogens (tertiary/aromatic N) is 3. The minimum Gasteiger partial charge on any atom is -0.394 e. The van der Waals surface area contributed by atoms with Crippen molar-refractivity contribution in [2.45, 2.75) is 25.9 Å². The van der Waals surface area contributed by atoms with Crippen LogP contribution in [0, 0.1) is 0 Å². The second-order valence-electron chi connectivity index (χ2n) is 3.31. The van der Waals surface area contributed by atoms with E-state index in [0.29, 0.717) is 6.54 Å². The normalized spacial score (nSPS) is 12.0. The molecule has 0 atom stereocenters. The third-order valence-corrected chi connectivity index (χ3v) is 1.53. The number of hydrogen-bond acceptors (Lipinski definition) is 4. The lowest BCUT2D eigenvalue weighted by Crippen LogP contribution is -2.29. The number of aliphatic hydroxyl groups excluding tert-OH is 1. The molecule has 1 heterocycles. The van der Waals surface area contributed by atoms with E-state index in [1.54, 1.807) is 10.9 Å². The van der Waals surface area contributed by atoms with E-state index in [2.05, 4.69) is 10.3 Å². The van der Waals surface area contributed by atoms with Crippen LogP contribution in [0.25, 0.3) is 0 Å². The molecule has 0 unspecified atom stereocenters. The summed E-state index contributed by atoms with van der Waals surface area (Å²) >= 11 is 0. The zero-order chi connectivity index (χ0) is 9.19. The Hall–Kier alpha value is -0.940. The molecule has 5 heteroatoms. The summed E-state index contributed by atoms with van der Waals surface area (Å²) in [5.74, 6) is 0. The van der Waals surface area contributed by atoms with Crippen molar-refractivity contribution in [3.8, 4) is 0 Å². The highest BCUT2D eigenvalue weighted by Gasteiger charge is 2.17. The van der Waals surface area contributed by atoms with E-state index in [0.717, 1.165) is 5.69 Å². The summed E-state index contributed by atoms with van der Waals surface area (Å²) < 4.78 is 1.57. The van der Waals surface area contributed by atoms with Gasteiger partial charge in [0.15, 0.2) is 0 Å². The van der Waals surface area contributed by atoms with Crippen molar-refractivity contribution in [3.05, 3.63) is 11.9 Å². The van der Waals surface area contributed by atoms with Crippen LogP contribution < -0.4 is 5.73 Å². The van der Waals surface area contributed by atoms with Gasteiger partial charge in [-0.05, 0) is 13.8 Å². The Kier molecular flexibility index (Phi) is 2.44. The molecule has 0 fully saturated rings. The first-order valence-corrected chi connectivity index (χ1v) is 3.84. The van der Waals surface area contributed by atoms with Crippen molar-refractivity contribution in [1.82, 2.24) is 15.0 Å². The number of hydrogen-bond donors (Lipinski definition) is 2. The van der Waals surface area contributed by atoms with Gasteiger partial charge in [-0.3, -0.25) is 0 Å². The molecule has 0 saturated carbocycles. The minimum absolute atomic E-state index is 0.0633. The first kappa shape index (κ1) is 9.15. The second kappa shape index (κ2) is 3.20. The summed E-state index contributed by atoms with van der Waals surface area (Å²) in [6.45, 7) is 4.25. The Morgan fingerprint density at radius 2 is 2.33 bits per heavy atom. The first-order valence-electron chi connectivity index (χ1n) is 3.84. The number of aliphatic hydroxyl groups is 1. The predicted molar refractivity (Wildman–Crippen MR) is 44.3 cm³/mol. The molecule has 1 aromatic rings. The van der Waals surface area contributed by atoms with Crippen molar-refractivity contribution < 1.29 is 5.11 Å². The van der Waals surface area contributed by atoms with E-state index in [-0.39, 0.29) is 6.61 Å². The molecule has 12 heavy (non-hydrogen) atoms. The highest BCUT2D eigenvalue weighted by atomic mass is 16.3. The average Bonchev–Trinajstić information content (AvgIpc) is 2.35. The molecule has 0 radical (unpaired) electrons. The van der Waals surface area contributed by atoms with Gasteiger partial charge in [-0.2, -0.15) is 0 Å². The maximum Gasteiger partial charge on any atom is 0.102 e.